The molecule has 0 saturated carbocycles. The molecular weight excluding hydrogens is 190 g/mol. The van der Waals surface area contributed by atoms with E-state index in [1.165, 1.54) is 0 Å². The molecule has 0 atom stereocenters. The van der Waals surface area contributed by atoms with E-state index < -0.39 is 0 Å². The molecule has 5 heteroatoms. The number of nitrogens with one attached hydrogen (secondary N) is 2. The van der Waals surface area contributed by atoms with E-state index in [1.807, 2.05) is 25.3 Å². The highest BCUT2D eigenvalue weighted by atomic mass is 15.2. The van der Waals surface area contributed by atoms with Gasteiger partial charge >= 0.3 is 0 Å². The van der Waals surface area contributed by atoms with Crippen molar-refractivity contribution >= 4 is 5.82 Å². The molecule has 0 amide bonds. The molecule has 2 heterocycles. The summed E-state index contributed by atoms with van der Waals surface area (Å²) in [5.41, 5.74) is 2.04. The number of nitrogens with zero attached hydrogens (tertiary/aromatic N) is 3. The minimum absolute atomic E-state index is 0.806. The number of aromatic nitrogens is 4. The summed E-state index contributed by atoms with van der Waals surface area (Å²) in [5.74, 6) is 0.806. The van der Waals surface area contributed by atoms with Gasteiger partial charge in [-0.05, 0) is 19.1 Å². The van der Waals surface area contributed by atoms with E-state index in [-0.39, 0.29) is 0 Å². The van der Waals surface area contributed by atoms with Gasteiger partial charge in [-0.25, -0.2) is 4.98 Å². The van der Waals surface area contributed by atoms with Crippen LogP contribution in [0.15, 0.2) is 24.7 Å². The fraction of sp³-hybridized carbons (Fsp3) is 0.300. The summed E-state index contributed by atoms with van der Waals surface area (Å²) in [6.07, 6.45) is 4.40. The van der Waals surface area contributed by atoms with E-state index in [4.69, 9.17) is 0 Å². The Balaban J connectivity index is 1.81. The van der Waals surface area contributed by atoms with Gasteiger partial charge < -0.3 is 10.3 Å². The highest BCUT2D eigenvalue weighted by Crippen LogP contribution is 2.01. The largest absolute Gasteiger partial charge is 0.368 e. The second-order valence-electron chi connectivity index (χ2n) is 3.31. The smallest absolute Gasteiger partial charge is 0.148 e. The van der Waals surface area contributed by atoms with Crippen molar-refractivity contribution in [2.75, 3.05) is 11.9 Å². The van der Waals surface area contributed by atoms with Crippen LogP contribution in [0.4, 0.5) is 5.82 Å². The molecule has 0 fully saturated rings. The Morgan fingerprint density at radius 2 is 2.27 bits per heavy atom. The Kier molecular flexibility index (Phi) is 2.92. The lowest BCUT2D eigenvalue weighted by molar-refractivity contribution is 0.930. The Morgan fingerprint density at radius 3 is 2.93 bits per heavy atom. The van der Waals surface area contributed by atoms with Crippen molar-refractivity contribution in [3.8, 4) is 0 Å². The minimum Gasteiger partial charge on any atom is -0.368 e. The Morgan fingerprint density at radius 1 is 1.33 bits per heavy atom. The summed E-state index contributed by atoms with van der Waals surface area (Å²) < 4.78 is 0. The molecule has 0 aromatic carbocycles. The first kappa shape index (κ1) is 9.64. The maximum absolute atomic E-state index is 4.01. The summed E-state index contributed by atoms with van der Waals surface area (Å²) in [6, 6.07) is 3.86. The molecule has 2 rings (SSSR count). The first-order valence-electron chi connectivity index (χ1n) is 4.86. The van der Waals surface area contributed by atoms with Gasteiger partial charge in [-0.1, -0.05) is 0 Å². The van der Waals surface area contributed by atoms with Gasteiger partial charge in [0.05, 0.1) is 12.0 Å². The van der Waals surface area contributed by atoms with Gasteiger partial charge in [0, 0.05) is 24.9 Å². The van der Waals surface area contributed by atoms with Gasteiger partial charge in [0.25, 0.3) is 0 Å². The second kappa shape index (κ2) is 4.54. The van der Waals surface area contributed by atoms with Crippen LogP contribution in [0.3, 0.4) is 0 Å². The Hall–Kier alpha value is -1.91. The number of hydrogen-bond donors (Lipinski definition) is 2. The normalized spacial score (nSPS) is 10.2. The van der Waals surface area contributed by atoms with Gasteiger partial charge in [-0.3, -0.25) is 0 Å². The quantitative estimate of drug-likeness (QED) is 0.782. The summed E-state index contributed by atoms with van der Waals surface area (Å²) in [5, 5.41) is 11.2. The lowest BCUT2D eigenvalue weighted by Crippen LogP contribution is -2.07. The van der Waals surface area contributed by atoms with Crippen molar-refractivity contribution in [2.45, 2.75) is 13.3 Å². The molecule has 78 valence electrons. The average Bonchev–Trinajstić information content (AvgIpc) is 2.74. The molecular formula is C10H13N5. The summed E-state index contributed by atoms with van der Waals surface area (Å²) in [7, 11) is 0. The van der Waals surface area contributed by atoms with Gasteiger partial charge in [0.1, 0.15) is 5.82 Å². The van der Waals surface area contributed by atoms with Crippen LogP contribution in [0.25, 0.3) is 0 Å². The Bertz CT molecular complexity index is 392. The number of H-pyrrole nitrogens is 1. The molecule has 0 radical (unpaired) electrons. The molecule has 2 aromatic heterocycles. The number of aryl methyl sites for hydroxylation is 1. The van der Waals surface area contributed by atoms with E-state index in [0.717, 1.165) is 30.2 Å². The molecule has 5 nitrogen and oxygen atoms in total. The van der Waals surface area contributed by atoms with Crippen LogP contribution in [0.2, 0.25) is 0 Å². The highest BCUT2D eigenvalue weighted by molar-refractivity contribution is 5.32. The summed E-state index contributed by atoms with van der Waals surface area (Å²) >= 11 is 0. The molecule has 0 aliphatic heterocycles. The summed E-state index contributed by atoms with van der Waals surface area (Å²) in [4.78, 5) is 6.99. The number of imidazole rings is 1. The third-order valence-electron chi connectivity index (χ3n) is 2.05. The zero-order valence-corrected chi connectivity index (χ0v) is 8.57. The third kappa shape index (κ3) is 2.77. The molecule has 0 aliphatic carbocycles. The van der Waals surface area contributed by atoms with Crippen molar-refractivity contribution in [1.29, 1.82) is 0 Å². The Labute approximate surface area is 88.0 Å². The number of anilines is 1. The molecule has 0 aliphatic rings. The third-order valence-corrected chi connectivity index (χ3v) is 2.05. The molecule has 0 saturated heterocycles. The predicted molar refractivity (Wildman–Crippen MR) is 57.6 cm³/mol. The maximum atomic E-state index is 4.01. The van der Waals surface area contributed by atoms with E-state index in [2.05, 4.69) is 25.5 Å². The SMILES string of the molecule is Cc1ccc(NCCc2cnc[nH]2)nn1. The van der Waals surface area contributed by atoms with Crippen LogP contribution < -0.4 is 5.32 Å². The van der Waals surface area contributed by atoms with Gasteiger partial charge in [-0.15, -0.1) is 5.10 Å². The van der Waals surface area contributed by atoms with Crippen LogP contribution in [-0.4, -0.2) is 26.7 Å². The number of rotatable bonds is 4. The molecule has 2 N–H and O–H groups in total. The second-order valence-corrected chi connectivity index (χ2v) is 3.31. The van der Waals surface area contributed by atoms with Crippen LogP contribution in [0.5, 0.6) is 0 Å². The molecule has 15 heavy (non-hydrogen) atoms. The maximum Gasteiger partial charge on any atom is 0.148 e. The van der Waals surface area contributed by atoms with Crippen LogP contribution in [0, 0.1) is 6.92 Å². The highest BCUT2D eigenvalue weighted by Gasteiger charge is 1.95. The van der Waals surface area contributed by atoms with E-state index in [9.17, 15) is 0 Å². The van der Waals surface area contributed by atoms with Crippen molar-refractivity contribution in [3.63, 3.8) is 0 Å². The van der Waals surface area contributed by atoms with Gasteiger partial charge in [-0.2, -0.15) is 5.10 Å². The lowest BCUT2D eigenvalue weighted by Gasteiger charge is -2.03. The number of aromatic amines is 1. The monoisotopic (exact) mass is 203 g/mol. The van der Waals surface area contributed by atoms with Crippen molar-refractivity contribution in [3.05, 3.63) is 36.0 Å². The van der Waals surface area contributed by atoms with Crippen molar-refractivity contribution in [1.82, 2.24) is 20.2 Å². The first-order valence-corrected chi connectivity index (χ1v) is 4.86. The zero-order chi connectivity index (χ0) is 10.5. The zero-order valence-electron chi connectivity index (χ0n) is 8.57. The van der Waals surface area contributed by atoms with Crippen LogP contribution >= 0.6 is 0 Å². The topological polar surface area (TPSA) is 66.5 Å². The summed E-state index contributed by atoms with van der Waals surface area (Å²) in [6.45, 7) is 2.74. The van der Waals surface area contributed by atoms with E-state index in [0.29, 0.717) is 0 Å². The standard InChI is InChI=1S/C10H13N5/c1-8-2-3-10(15-14-8)12-5-4-9-6-11-7-13-9/h2-3,6-7H,4-5H2,1H3,(H,11,13)(H,12,15). The van der Waals surface area contributed by atoms with Crippen LogP contribution in [-0.2, 0) is 6.42 Å². The van der Waals surface area contributed by atoms with Gasteiger partial charge in [0.15, 0.2) is 0 Å². The van der Waals surface area contributed by atoms with Crippen molar-refractivity contribution < 1.29 is 0 Å². The molecule has 0 bridgehead atoms. The average molecular weight is 203 g/mol. The van der Waals surface area contributed by atoms with E-state index >= 15 is 0 Å². The lowest BCUT2D eigenvalue weighted by atomic mass is 10.3. The van der Waals surface area contributed by atoms with Gasteiger partial charge in [0.2, 0.25) is 0 Å². The fourth-order valence-corrected chi connectivity index (χ4v) is 1.24. The molecule has 0 spiro atoms. The number of hydrogen-bond acceptors (Lipinski definition) is 4. The molecule has 2 aromatic rings. The van der Waals surface area contributed by atoms with Crippen molar-refractivity contribution in [2.24, 2.45) is 0 Å². The van der Waals surface area contributed by atoms with E-state index in [1.54, 1.807) is 6.33 Å². The predicted octanol–water partition coefficient (Wildman–Crippen LogP) is 1.16. The molecule has 0 unspecified atom stereocenters. The fourth-order valence-electron chi connectivity index (χ4n) is 1.24. The minimum atomic E-state index is 0.806. The first-order chi connectivity index (χ1) is 7.34. The van der Waals surface area contributed by atoms with Crippen LogP contribution in [0.1, 0.15) is 11.4 Å².